The molecule has 11 heteroatoms. The molecule has 3 atom stereocenters. The molecule has 2 aromatic heterocycles. The van der Waals surface area contributed by atoms with Crippen LogP contribution in [0, 0.1) is 5.92 Å². The molecule has 2 aliphatic rings. The van der Waals surface area contributed by atoms with Crippen molar-refractivity contribution in [2.45, 2.75) is 56.5 Å². The number of oxazole rings is 1. The molecule has 8 nitrogen and oxygen atoms in total. The maximum absolute atomic E-state index is 12.5. The highest BCUT2D eigenvalue weighted by Gasteiger charge is 2.45. The van der Waals surface area contributed by atoms with E-state index in [0.717, 1.165) is 57.3 Å². The zero-order chi connectivity index (χ0) is 28.5. The largest absolute Gasteiger partial charge is 0.573 e. The van der Waals surface area contributed by atoms with E-state index < -0.39 is 11.9 Å². The van der Waals surface area contributed by atoms with Gasteiger partial charge in [-0.15, -0.1) is 13.2 Å². The third-order valence-corrected chi connectivity index (χ3v) is 8.34. The number of benzene rings is 2. The minimum absolute atomic E-state index is 0.0162. The van der Waals surface area contributed by atoms with E-state index >= 15 is 0 Å². The average molecular weight is 567 g/mol. The summed E-state index contributed by atoms with van der Waals surface area (Å²) in [7, 11) is 0. The number of hydrogen-bond donors (Lipinski definition) is 2. The van der Waals surface area contributed by atoms with Crippen molar-refractivity contribution >= 4 is 11.7 Å². The van der Waals surface area contributed by atoms with Crippen molar-refractivity contribution in [3.8, 4) is 22.8 Å². The Kier molecular flexibility index (Phi) is 7.37. The van der Waals surface area contributed by atoms with Crippen molar-refractivity contribution in [1.29, 1.82) is 0 Å². The van der Waals surface area contributed by atoms with E-state index in [0.29, 0.717) is 17.3 Å². The Hall–Kier alpha value is -3.99. The van der Waals surface area contributed by atoms with Gasteiger partial charge in [-0.2, -0.15) is 5.10 Å². The lowest BCUT2D eigenvalue weighted by Gasteiger charge is -2.50. The number of nitrogens with zero attached hydrogens (tertiary/aromatic N) is 4. The van der Waals surface area contributed by atoms with Crippen LogP contribution in [0.1, 0.15) is 38.5 Å². The van der Waals surface area contributed by atoms with Crippen LogP contribution in [0.5, 0.6) is 5.75 Å². The zero-order valence-corrected chi connectivity index (χ0v) is 22.6. The number of halogens is 3. The molecule has 0 amide bonds. The summed E-state index contributed by atoms with van der Waals surface area (Å²) >= 11 is 0. The number of ether oxygens (including phenoxy) is 1. The minimum Gasteiger partial charge on any atom is -0.424 e. The number of nitrogens with one attached hydrogen (secondary N) is 1. The molecule has 3 N–H and O–H groups in total. The molecule has 0 radical (unpaired) electrons. The Morgan fingerprint density at radius 2 is 1.78 bits per heavy atom. The highest BCUT2D eigenvalue weighted by molar-refractivity contribution is 5.58. The summed E-state index contributed by atoms with van der Waals surface area (Å²) in [6.45, 7) is 1.86. The van der Waals surface area contributed by atoms with Crippen molar-refractivity contribution in [3.63, 3.8) is 0 Å². The molecule has 1 saturated heterocycles. The summed E-state index contributed by atoms with van der Waals surface area (Å²) in [5, 5.41) is 7.79. The van der Waals surface area contributed by atoms with Crippen LogP contribution in [-0.2, 0) is 0 Å². The van der Waals surface area contributed by atoms with Gasteiger partial charge in [0.05, 0.1) is 11.9 Å². The van der Waals surface area contributed by atoms with Crippen LogP contribution in [0.15, 0.2) is 77.6 Å². The Labute approximate surface area is 236 Å². The van der Waals surface area contributed by atoms with Gasteiger partial charge in [0.15, 0.2) is 5.76 Å². The van der Waals surface area contributed by atoms with Crippen LogP contribution >= 0.6 is 0 Å². The van der Waals surface area contributed by atoms with Gasteiger partial charge in [0, 0.05) is 48.3 Å². The predicted octanol–water partition coefficient (Wildman–Crippen LogP) is 6.39. The number of nitrogens with two attached hydrogens (primary N) is 1. The van der Waals surface area contributed by atoms with E-state index in [9.17, 15) is 13.2 Å². The summed E-state index contributed by atoms with van der Waals surface area (Å²) in [6.07, 6.45) is 6.62. The van der Waals surface area contributed by atoms with Crippen molar-refractivity contribution in [3.05, 3.63) is 73.2 Å². The molecule has 2 fully saturated rings. The molecule has 41 heavy (non-hydrogen) atoms. The molecule has 0 spiro atoms. The first-order valence-corrected chi connectivity index (χ1v) is 14.0. The third-order valence-electron chi connectivity index (χ3n) is 8.34. The highest BCUT2D eigenvalue weighted by atomic mass is 19.4. The fraction of sp³-hybridized carbons (Fsp3) is 0.400. The van der Waals surface area contributed by atoms with Crippen LogP contribution in [0.25, 0.3) is 17.0 Å². The van der Waals surface area contributed by atoms with Gasteiger partial charge in [-0.1, -0.05) is 12.8 Å². The lowest BCUT2D eigenvalue weighted by atomic mass is 9.67. The van der Waals surface area contributed by atoms with Crippen molar-refractivity contribution in [2.75, 3.05) is 23.3 Å². The van der Waals surface area contributed by atoms with Crippen LogP contribution in [0.3, 0.4) is 0 Å². The number of piperidine rings is 1. The molecule has 2 unspecified atom stereocenters. The van der Waals surface area contributed by atoms with E-state index in [-0.39, 0.29) is 17.7 Å². The average Bonchev–Trinajstić information content (AvgIpc) is 3.67. The van der Waals surface area contributed by atoms with Gasteiger partial charge in [0.1, 0.15) is 5.75 Å². The van der Waals surface area contributed by atoms with Crippen molar-refractivity contribution in [1.82, 2.24) is 14.8 Å². The second-order valence-electron chi connectivity index (χ2n) is 10.9. The highest BCUT2D eigenvalue weighted by Crippen LogP contribution is 2.40. The normalized spacial score (nSPS) is 23.4. The van der Waals surface area contributed by atoms with Gasteiger partial charge < -0.3 is 25.1 Å². The lowest BCUT2D eigenvalue weighted by Crippen LogP contribution is -2.63. The van der Waals surface area contributed by atoms with E-state index in [1.807, 2.05) is 16.9 Å². The molecule has 1 aliphatic carbocycles. The second kappa shape index (κ2) is 11.1. The maximum atomic E-state index is 12.5. The summed E-state index contributed by atoms with van der Waals surface area (Å²) in [4.78, 5) is 6.84. The van der Waals surface area contributed by atoms with Gasteiger partial charge in [-0.05, 0) is 86.2 Å². The van der Waals surface area contributed by atoms with E-state index in [4.69, 9.17) is 10.2 Å². The SMILES string of the molecule is NC1([C@H]2CCCN(c3ccc(-n4cccn4)cc3)C2)CCCCC1Nc1ncc(-c2ccc(OC(F)(F)F)cc2)o1. The summed E-state index contributed by atoms with van der Waals surface area (Å²) in [5.74, 6) is 0.451. The molecular weight excluding hydrogens is 533 g/mol. The molecular formula is C30H33F3N6O2. The predicted molar refractivity (Wildman–Crippen MR) is 150 cm³/mol. The van der Waals surface area contributed by atoms with Crippen molar-refractivity contribution in [2.24, 2.45) is 11.7 Å². The first kappa shape index (κ1) is 27.2. The lowest BCUT2D eigenvalue weighted by molar-refractivity contribution is -0.274. The van der Waals surface area contributed by atoms with Gasteiger partial charge in [0.25, 0.3) is 6.01 Å². The standard InChI is InChI=1S/C30H33F3N6O2/c31-30(32,33)41-25-13-7-21(8-14-25)26-19-35-28(40-26)37-27-6-1-2-15-29(27,34)22-5-3-17-38(20-22)23-9-11-24(12-10-23)39-18-4-16-36-39/h4,7-14,16,18-19,22,27H,1-3,5-6,15,17,20,34H2,(H,35,37)/t22-,27?,29?/m0/s1. The minimum atomic E-state index is -4.74. The van der Waals surface area contributed by atoms with E-state index in [1.54, 1.807) is 12.4 Å². The number of hydrogen-bond acceptors (Lipinski definition) is 7. The first-order valence-electron chi connectivity index (χ1n) is 14.0. The van der Waals surface area contributed by atoms with Crippen LogP contribution in [0.2, 0.25) is 0 Å². The van der Waals surface area contributed by atoms with Crippen molar-refractivity contribution < 1.29 is 22.3 Å². The Balaban J connectivity index is 1.14. The Morgan fingerprint density at radius 3 is 2.51 bits per heavy atom. The van der Waals surface area contributed by atoms with Crippen LogP contribution in [-0.4, -0.2) is 45.8 Å². The van der Waals surface area contributed by atoms with Gasteiger partial charge in [-0.25, -0.2) is 9.67 Å². The molecule has 1 aliphatic heterocycles. The fourth-order valence-electron chi connectivity index (χ4n) is 6.25. The van der Waals surface area contributed by atoms with Crippen LogP contribution in [0.4, 0.5) is 24.9 Å². The molecule has 2 aromatic carbocycles. The molecule has 1 saturated carbocycles. The second-order valence-corrected chi connectivity index (χ2v) is 10.9. The molecule has 3 heterocycles. The number of aromatic nitrogens is 3. The maximum Gasteiger partial charge on any atom is 0.573 e. The number of rotatable bonds is 7. The molecule has 216 valence electrons. The Bertz CT molecular complexity index is 1420. The first-order chi connectivity index (χ1) is 19.8. The third kappa shape index (κ3) is 6.04. The molecule has 0 bridgehead atoms. The molecule has 6 rings (SSSR count). The monoisotopic (exact) mass is 566 g/mol. The van der Waals surface area contributed by atoms with Gasteiger partial charge in [-0.3, -0.25) is 0 Å². The van der Waals surface area contributed by atoms with Gasteiger partial charge >= 0.3 is 6.36 Å². The van der Waals surface area contributed by atoms with Gasteiger partial charge in [0.2, 0.25) is 0 Å². The zero-order valence-electron chi connectivity index (χ0n) is 22.6. The smallest absolute Gasteiger partial charge is 0.424 e. The molecule has 4 aromatic rings. The summed E-state index contributed by atoms with van der Waals surface area (Å²) in [5.41, 5.74) is 9.63. The van der Waals surface area contributed by atoms with E-state index in [1.165, 1.54) is 30.0 Å². The summed E-state index contributed by atoms with van der Waals surface area (Å²) in [6, 6.07) is 16.3. The topological polar surface area (TPSA) is 94.4 Å². The Morgan fingerprint density at radius 1 is 1.00 bits per heavy atom. The number of alkyl halides is 3. The van der Waals surface area contributed by atoms with E-state index in [2.05, 4.69) is 49.3 Å². The quantitative estimate of drug-likeness (QED) is 0.268. The fourth-order valence-corrected chi connectivity index (χ4v) is 6.25. The van der Waals surface area contributed by atoms with Crippen LogP contribution < -0.4 is 20.7 Å². The number of anilines is 2. The summed E-state index contributed by atoms with van der Waals surface area (Å²) < 4.78 is 49.2.